The lowest BCUT2D eigenvalue weighted by Crippen LogP contribution is -2.46. The van der Waals surface area contributed by atoms with Crippen LogP contribution in [-0.4, -0.2) is 22.3 Å². The summed E-state index contributed by atoms with van der Waals surface area (Å²) in [7, 11) is 0. The quantitative estimate of drug-likeness (QED) is 0.589. The highest BCUT2D eigenvalue weighted by atomic mass is 16.5. The first kappa shape index (κ1) is 9.16. The molecule has 0 aliphatic heterocycles. The molecule has 0 spiro atoms. The zero-order chi connectivity index (χ0) is 9.85. The predicted octanol–water partition coefficient (Wildman–Crippen LogP) is 0.692. The molecule has 2 aliphatic carbocycles. The number of hydrogen-bond donors (Lipinski definition) is 2. The summed E-state index contributed by atoms with van der Waals surface area (Å²) >= 11 is 0. The van der Waals surface area contributed by atoms with Gasteiger partial charge in [-0.2, -0.15) is 0 Å². The number of aliphatic hydroxyl groups excluding tert-OH is 1. The molecule has 0 aromatic carbocycles. The molecule has 2 saturated carbocycles. The third kappa shape index (κ3) is 0.796. The van der Waals surface area contributed by atoms with Crippen molar-refractivity contribution in [3.05, 3.63) is 0 Å². The molecule has 0 saturated heterocycles. The largest absolute Gasteiger partial charge is 0.367 e. The topological polar surface area (TPSA) is 57.5 Å². The van der Waals surface area contributed by atoms with Crippen molar-refractivity contribution in [2.24, 2.45) is 16.7 Å². The Morgan fingerprint density at radius 3 is 2.31 bits per heavy atom. The Morgan fingerprint density at radius 1 is 1.46 bits per heavy atom. The molecular formula is C10H16O3. The molecular weight excluding hydrogens is 168 g/mol. The van der Waals surface area contributed by atoms with Crippen LogP contribution in [0.15, 0.2) is 0 Å². The first-order chi connectivity index (χ1) is 5.93. The molecule has 2 unspecified atom stereocenters. The SMILES string of the molecule is CC1(C)C2CCC1(C(O)O)C(=O)C2. The van der Waals surface area contributed by atoms with Gasteiger partial charge in [0.15, 0.2) is 6.29 Å². The Morgan fingerprint density at radius 2 is 2.08 bits per heavy atom. The van der Waals surface area contributed by atoms with E-state index in [2.05, 4.69) is 0 Å². The number of ketones is 1. The van der Waals surface area contributed by atoms with Crippen LogP contribution in [0.25, 0.3) is 0 Å². The molecule has 0 aromatic rings. The highest BCUT2D eigenvalue weighted by Gasteiger charge is 2.67. The van der Waals surface area contributed by atoms with Gasteiger partial charge in [0, 0.05) is 6.42 Å². The van der Waals surface area contributed by atoms with Gasteiger partial charge in [0.25, 0.3) is 0 Å². The number of rotatable bonds is 1. The second kappa shape index (κ2) is 2.34. The van der Waals surface area contributed by atoms with E-state index in [1.165, 1.54) is 0 Å². The van der Waals surface area contributed by atoms with E-state index in [0.29, 0.717) is 18.8 Å². The van der Waals surface area contributed by atoms with Crippen molar-refractivity contribution in [1.29, 1.82) is 0 Å². The van der Waals surface area contributed by atoms with Crippen molar-refractivity contribution >= 4 is 5.78 Å². The number of carbonyl (C=O) groups is 1. The number of aliphatic hydroxyl groups is 2. The summed E-state index contributed by atoms with van der Waals surface area (Å²) < 4.78 is 0. The molecule has 74 valence electrons. The maximum atomic E-state index is 11.7. The van der Waals surface area contributed by atoms with Crippen molar-refractivity contribution < 1.29 is 15.0 Å². The smallest absolute Gasteiger partial charge is 0.164 e. The normalized spacial score (nSPS) is 41.9. The summed E-state index contributed by atoms with van der Waals surface area (Å²) in [6.45, 7) is 3.96. The van der Waals surface area contributed by atoms with E-state index in [4.69, 9.17) is 0 Å². The van der Waals surface area contributed by atoms with E-state index >= 15 is 0 Å². The zero-order valence-corrected chi connectivity index (χ0v) is 8.08. The van der Waals surface area contributed by atoms with Crippen molar-refractivity contribution in [2.75, 3.05) is 0 Å². The van der Waals surface area contributed by atoms with Gasteiger partial charge in [0.05, 0.1) is 5.41 Å². The highest BCUT2D eigenvalue weighted by Crippen LogP contribution is 2.64. The first-order valence-corrected chi connectivity index (χ1v) is 4.82. The summed E-state index contributed by atoms with van der Waals surface area (Å²) in [4.78, 5) is 11.7. The average Bonchev–Trinajstić information content (AvgIpc) is 2.35. The molecule has 0 radical (unpaired) electrons. The van der Waals surface area contributed by atoms with Crippen LogP contribution < -0.4 is 0 Å². The van der Waals surface area contributed by atoms with Crippen LogP contribution in [0, 0.1) is 16.7 Å². The van der Waals surface area contributed by atoms with Crippen LogP contribution in [0.3, 0.4) is 0 Å². The number of Topliss-reactive ketones (excluding diaryl/α,β-unsaturated/α-hetero) is 1. The lowest BCUT2D eigenvalue weighted by molar-refractivity contribution is -0.175. The lowest BCUT2D eigenvalue weighted by atomic mass is 9.68. The van der Waals surface area contributed by atoms with Crippen molar-refractivity contribution in [3.8, 4) is 0 Å². The Kier molecular flexibility index (Phi) is 1.65. The Bertz CT molecular complexity index is 257. The molecule has 0 heterocycles. The van der Waals surface area contributed by atoms with Gasteiger partial charge >= 0.3 is 0 Å². The van der Waals surface area contributed by atoms with Crippen molar-refractivity contribution in [2.45, 2.75) is 39.4 Å². The Labute approximate surface area is 77.8 Å². The van der Waals surface area contributed by atoms with Crippen LogP contribution in [0.2, 0.25) is 0 Å². The molecule has 13 heavy (non-hydrogen) atoms. The van der Waals surface area contributed by atoms with Crippen LogP contribution in [0.4, 0.5) is 0 Å². The van der Waals surface area contributed by atoms with Gasteiger partial charge in [0.2, 0.25) is 0 Å². The van der Waals surface area contributed by atoms with Gasteiger partial charge < -0.3 is 10.2 Å². The third-order valence-corrected chi connectivity index (χ3v) is 4.43. The van der Waals surface area contributed by atoms with E-state index in [-0.39, 0.29) is 11.2 Å². The average molecular weight is 184 g/mol. The fraction of sp³-hybridized carbons (Fsp3) is 0.900. The summed E-state index contributed by atoms with van der Waals surface area (Å²) in [6, 6.07) is 0. The summed E-state index contributed by atoms with van der Waals surface area (Å²) in [6.07, 6.45) is 0.643. The van der Waals surface area contributed by atoms with E-state index in [1.54, 1.807) is 0 Å². The van der Waals surface area contributed by atoms with Crippen molar-refractivity contribution in [1.82, 2.24) is 0 Å². The molecule has 2 N–H and O–H groups in total. The molecule has 2 atom stereocenters. The molecule has 2 rings (SSSR count). The maximum absolute atomic E-state index is 11.7. The monoisotopic (exact) mass is 184 g/mol. The summed E-state index contributed by atoms with van der Waals surface area (Å²) in [5, 5.41) is 18.7. The van der Waals surface area contributed by atoms with Gasteiger partial charge in [-0.25, -0.2) is 0 Å². The van der Waals surface area contributed by atoms with E-state index in [1.807, 2.05) is 13.8 Å². The lowest BCUT2D eigenvalue weighted by Gasteiger charge is -2.37. The van der Waals surface area contributed by atoms with Gasteiger partial charge in [-0.05, 0) is 24.2 Å². The van der Waals surface area contributed by atoms with Gasteiger partial charge in [0.1, 0.15) is 5.78 Å². The van der Waals surface area contributed by atoms with Gasteiger partial charge in [-0.3, -0.25) is 4.79 Å². The molecule has 2 bridgehead atoms. The third-order valence-electron chi connectivity index (χ3n) is 4.43. The summed E-state index contributed by atoms with van der Waals surface area (Å²) in [5.41, 5.74) is -1.10. The van der Waals surface area contributed by atoms with E-state index in [9.17, 15) is 15.0 Å². The maximum Gasteiger partial charge on any atom is 0.164 e. The zero-order valence-electron chi connectivity index (χ0n) is 8.08. The minimum atomic E-state index is -1.48. The fourth-order valence-corrected chi connectivity index (χ4v) is 3.32. The van der Waals surface area contributed by atoms with Crippen molar-refractivity contribution in [3.63, 3.8) is 0 Å². The molecule has 3 heteroatoms. The van der Waals surface area contributed by atoms with E-state index < -0.39 is 11.7 Å². The minimum absolute atomic E-state index is 0.0451. The second-order valence-electron chi connectivity index (χ2n) is 4.93. The van der Waals surface area contributed by atoms with Crippen LogP contribution in [0.5, 0.6) is 0 Å². The second-order valence-corrected chi connectivity index (χ2v) is 4.93. The first-order valence-electron chi connectivity index (χ1n) is 4.82. The standard InChI is InChI=1S/C10H16O3/c1-9(2)6-3-4-10(9,8(12)13)7(11)5-6/h6,8,12-13H,3-5H2,1-2H3. The Balaban J connectivity index is 2.49. The molecule has 0 aromatic heterocycles. The van der Waals surface area contributed by atoms with Crippen LogP contribution in [0.1, 0.15) is 33.1 Å². The molecule has 0 amide bonds. The summed E-state index contributed by atoms with van der Waals surface area (Å²) in [5.74, 6) is 0.394. The van der Waals surface area contributed by atoms with Crippen LogP contribution in [-0.2, 0) is 4.79 Å². The molecule has 2 fully saturated rings. The van der Waals surface area contributed by atoms with Gasteiger partial charge in [-0.1, -0.05) is 13.8 Å². The Hall–Kier alpha value is -0.410. The van der Waals surface area contributed by atoms with Gasteiger partial charge in [-0.15, -0.1) is 0 Å². The predicted molar refractivity (Wildman–Crippen MR) is 46.8 cm³/mol. The number of fused-ring (bicyclic) bond motifs is 2. The molecule has 2 aliphatic rings. The van der Waals surface area contributed by atoms with E-state index in [0.717, 1.165) is 6.42 Å². The highest BCUT2D eigenvalue weighted by molar-refractivity contribution is 5.90. The van der Waals surface area contributed by atoms with Crippen LogP contribution >= 0.6 is 0 Å². The minimum Gasteiger partial charge on any atom is -0.367 e. The number of carbonyl (C=O) groups excluding carboxylic acids is 1. The number of hydrogen-bond acceptors (Lipinski definition) is 3. The fourth-order valence-electron chi connectivity index (χ4n) is 3.32. The molecule has 3 nitrogen and oxygen atoms in total.